The molecule has 2 aromatic rings. The first-order valence-corrected chi connectivity index (χ1v) is 7.29. The van der Waals surface area contributed by atoms with Gasteiger partial charge in [-0.3, -0.25) is 4.79 Å². The van der Waals surface area contributed by atoms with E-state index in [1.165, 1.54) is 0 Å². The summed E-state index contributed by atoms with van der Waals surface area (Å²) in [6.07, 6.45) is 0.745. The van der Waals surface area contributed by atoms with Gasteiger partial charge >= 0.3 is 5.97 Å². The van der Waals surface area contributed by atoms with E-state index < -0.39 is 5.97 Å². The van der Waals surface area contributed by atoms with Gasteiger partial charge in [-0.25, -0.2) is 4.79 Å². The molecule has 0 fully saturated rings. The smallest absolute Gasteiger partial charge is 0.335 e. The molecule has 1 aliphatic heterocycles. The number of hydrogen-bond acceptors (Lipinski definition) is 2. The third kappa shape index (κ3) is 2.56. The number of carbonyl (C=O) groups is 2. The summed E-state index contributed by atoms with van der Waals surface area (Å²) in [5.74, 6) is -1.10. The molecule has 1 heterocycles. The highest BCUT2D eigenvalue weighted by Crippen LogP contribution is 2.30. The lowest BCUT2D eigenvalue weighted by Crippen LogP contribution is -2.29. The van der Waals surface area contributed by atoms with Gasteiger partial charge in [0.2, 0.25) is 0 Å². The lowest BCUT2D eigenvalue weighted by molar-refractivity contribution is 0.0696. The second-order valence-corrected chi connectivity index (χ2v) is 5.78. The fourth-order valence-electron chi connectivity index (χ4n) is 2.50. The molecule has 3 rings (SSSR count). The Hall–Kier alpha value is -2.14. The predicted octanol–water partition coefficient (Wildman–Crippen LogP) is 3.35. The van der Waals surface area contributed by atoms with Crippen LogP contribution in [0, 0.1) is 0 Å². The van der Waals surface area contributed by atoms with Gasteiger partial charge in [-0.2, -0.15) is 0 Å². The van der Waals surface area contributed by atoms with Crippen LogP contribution in [0.2, 0.25) is 0 Å². The summed E-state index contributed by atoms with van der Waals surface area (Å²) in [4.78, 5) is 25.3. The summed E-state index contributed by atoms with van der Waals surface area (Å²) >= 11 is 3.35. The van der Waals surface area contributed by atoms with Crippen LogP contribution < -0.4 is 4.90 Å². The highest BCUT2D eigenvalue weighted by molar-refractivity contribution is 9.10. The fraction of sp³-hybridized carbons (Fsp3) is 0.125. The van der Waals surface area contributed by atoms with Crippen molar-refractivity contribution in [2.45, 2.75) is 6.42 Å². The highest BCUT2D eigenvalue weighted by Gasteiger charge is 2.26. The first-order chi connectivity index (χ1) is 10.1. The van der Waals surface area contributed by atoms with E-state index in [4.69, 9.17) is 5.11 Å². The van der Waals surface area contributed by atoms with Crippen molar-refractivity contribution in [3.63, 3.8) is 0 Å². The second-order valence-electron chi connectivity index (χ2n) is 4.87. The van der Waals surface area contributed by atoms with Gasteiger partial charge in [0.25, 0.3) is 5.91 Å². The minimum Gasteiger partial charge on any atom is -0.478 e. The Morgan fingerprint density at radius 2 is 1.90 bits per heavy atom. The molecule has 0 saturated heterocycles. The number of halogens is 1. The number of hydrogen-bond donors (Lipinski definition) is 1. The lowest BCUT2D eigenvalue weighted by atomic mass is 10.1. The number of carboxylic acid groups (broad SMARTS) is 1. The molecule has 106 valence electrons. The summed E-state index contributed by atoms with van der Waals surface area (Å²) in [6.45, 7) is 0.573. The molecule has 1 amide bonds. The van der Waals surface area contributed by atoms with Crippen LogP contribution in [0.4, 0.5) is 5.69 Å². The Labute approximate surface area is 130 Å². The SMILES string of the molecule is O=C(O)c1ccc2c(c1)N(C(=O)c1cccc(Br)c1)CC2. The normalized spacial score (nSPS) is 13.1. The second kappa shape index (κ2) is 5.33. The molecule has 1 N–H and O–H groups in total. The molecular formula is C16H12BrNO3. The van der Waals surface area contributed by atoms with Crippen LogP contribution in [-0.2, 0) is 6.42 Å². The molecule has 0 unspecified atom stereocenters. The molecule has 2 aromatic carbocycles. The zero-order valence-electron chi connectivity index (χ0n) is 11.0. The van der Waals surface area contributed by atoms with E-state index in [1.807, 2.05) is 12.1 Å². The maximum Gasteiger partial charge on any atom is 0.335 e. The van der Waals surface area contributed by atoms with Crippen molar-refractivity contribution in [1.82, 2.24) is 0 Å². The zero-order chi connectivity index (χ0) is 15.0. The summed E-state index contributed by atoms with van der Waals surface area (Å²) in [5.41, 5.74) is 2.48. The lowest BCUT2D eigenvalue weighted by Gasteiger charge is -2.18. The predicted molar refractivity (Wildman–Crippen MR) is 82.9 cm³/mol. The number of fused-ring (bicyclic) bond motifs is 1. The van der Waals surface area contributed by atoms with Crippen LogP contribution in [0.1, 0.15) is 26.3 Å². The number of rotatable bonds is 2. The molecule has 0 atom stereocenters. The van der Waals surface area contributed by atoms with Crippen molar-refractivity contribution in [2.24, 2.45) is 0 Å². The van der Waals surface area contributed by atoms with Crippen molar-refractivity contribution < 1.29 is 14.7 Å². The van der Waals surface area contributed by atoms with Crippen molar-refractivity contribution in [1.29, 1.82) is 0 Å². The summed E-state index contributed by atoms with van der Waals surface area (Å²) in [6, 6.07) is 12.1. The molecular weight excluding hydrogens is 334 g/mol. The third-order valence-electron chi connectivity index (χ3n) is 3.54. The zero-order valence-corrected chi connectivity index (χ0v) is 12.6. The standard InChI is InChI=1S/C16H12BrNO3/c17-13-3-1-2-11(8-13)15(19)18-7-6-10-4-5-12(16(20)21)9-14(10)18/h1-5,8-9H,6-7H2,(H,20,21). The Morgan fingerprint density at radius 1 is 1.10 bits per heavy atom. The third-order valence-corrected chi connectivity index (χ3v) is 4.04. The number of anilines is 1. The van der Waals surface area contributed by atoms with Crippen LogP contribution >= 0.6 is 15.9 Å². The van der Waals surface area contributed by atoms with Crippen molar-refractivity contribution in [2.75, 3.05) is 11.4 Å². The molecule has 0 spiro atoms. The molecule has 0 bridgehead atoms. The van der Waals surface area contributed by atoms with E-state index in [9.17, 15) is 9.59 Å². The van der Waals surface area contributed by atoms with Crippen LogP contribution in [0.15, 0.2) is 46.9 Å². The number of aromatic carboxylic acids is 1. The number of carbonyl (C=O) groups excluding carboxylic acids is 1. The van der Waals surface area contributed by atoms with E-state index in [2.05, 4.69) is 15.9 Å². The van der Waals surface area contributed by atoms with Crippen molar-refractivity contribution in [3.8, 4) is 0 Å². The Bertz CT molecular complexity index is 742. The van der Waals surface area contributed by atoms with Gasteiger partial charge in [0.15, 0.2) is 0 Å². The first-order valence-electron chi connectivity index (χ1n) is 6.50. The number of amides is 1. The molecule has 21 heavy (non-hydrogen) atoms. The quantitative estimate of drug-likeness (QED) is 0.907. The van der Waals surface area contributed by atoms with Crippen LogP contribution in [0.3, 0.4) is 0 Å². The molecule has 0 saturated carbocycles. The van der Waals surface area contributed by atoms with Gasteiger partial charge < -0.3 is 10.0 Å². The van der Waals surface area contributed by atoms with Gasteiger partial charge in [0, 0.05) is 22.3 Å². The van der Waals surface area contributed by atoms with Gasteiger partial charge in [-0.05, 0) is 42.3 Å². The number of nitrogens with zero attached hydrogens (tertiary/aromatic N) is 1. The number of carboxylic acids is 1. The van der Waals surface area contributed by atoms with Crippen molar-refractivity contribution >= 4 is 33.5 Å². The first kappa shape index (κ1) is 13.8. The van der Waals surface area contributed by atoms with Crippen LogP contribution in [0.5, 0.6) is 0 Å². The van der Waals surface area contributed by atoms with Gasteiger partial charge in [-0.1, -0.05) is 28.1 Å². The van der Waals surface area contributed by atoms with Crippen LogP contribution in [-0.4, -0.2) is 23.5 Å². The van der Waals surface area contributed by atoms with Crippen molar-refractivity contribution in [3.05, 3.63) is 63.6 Å². The fourth-order valence-corrected chi connectivity index (χ4v) is 2.90. The topological polar surface area (TPSA) is 57.6 Å². The van der Waals surface area contributed by atoms with Gasteiger partial charge in [0.05, 0.1) is 5.56 Å². The molecule has 5 heteroatoms. The molecule has 0 aromatic heterocycles. The Kier molecular flexibility index (Phi) is 3.51. The minimum absolute atomic E-state index is 0.113. The van der Waals surface area contributed by atoms with Gasteiger partial charge in [0.1, 0.15) is 0 Å². The average Bonchev–Trinajstić information content (AvgIpc) is 2.89. The molecule has 0 radical (unpaired) electrons. The summed E-state index contributed by atoms with van der Waals surface area (Å²) in [7, 11) is 0. The summed E-state index contributed by atoms with van der Waals surface area (Å²) in [5, 5.41) is 9.08. The molecule has 4 nitrogen and oxygen atoms in total. The van der Waals surface area contributed by atoms with Gasteiger partial charge in [-0.15, -0.1) is 0 Å². The largest absolute Gasteiger partial charge is 0.478 e. The maximum absolute atomic E-state index is 12.6. The van der Waals surface area contributed by atoms with Crippen LogP contribution in [0.25, 0.3) is 0 Å². The number of benzene rings is 2. The van der Waals surface area contributed by atoms with E-state index in [0.717, 1.165) is 16.5 Å². The minimum atomic E-state index is -0.987. The molecule has 0 aliphatic carbocycles. The monoisotopic (exact) mass is 345 g/mol. The molecule has 1 aliphatic rings. The highest BCUT2D eigenvalue weighted by atomic mass is 79.9. The maximum atomic E-state index is 12.6. The average molecular weight is 346 g/mol. The Morgan fingerprint density at radius 3 is 2.62 bits per heavy atom. The van der Waals surface area contributed by atoms with E-state index in [1.54, 1.807) is 35.2 Å². The van der Waals surface area contributed by atoms with E-state index in [0.29, 0.717) is 17.8 Å². The van der Waals surface area contributed by atoms with E-state index >= 15 is 0 Å². The Balaban J connectivity index is 1.98. The summed E-state index contributed by atoms with van der Waals surface area (Å²) < 4.78 is 0.840. The van der Waals surface area contributed by atoms with E-state index in [-0.39, 0.29) is 11.5 Å².